The number of hydrogen-bond acceptors (Lipinski definition) is 6. The summed E-state index contributed by atoms with van der Waals surface area (Å²) in [6.45, 7) is 1.76. The first-order valence-corrected chi connectivity index (χ1v) is 13.6. The van der Waals surface area contributed by atoms with E-state index in [9.17, 15) is 14.4 Å². The number of rotatable bonds is 9. The predicted molar refractivity (Wildman–Crippen MR) is 145 cm³/mol. The molecule has 1 saturated heterocycles. The first-order valence-electron chi connectivity index (χ1n) is 12.5. The van der Waals surface area contributed by atoms with Crippen LogP contribution in [0.25, 0.3) is 0 Å². The Kier molecular flexibility index (Phi) is 7.79. The van der Waals surface area contributed by atoms with Crippen LogP contribution in [0.4, 0.5) is 0 Å². The van der Waals surface area contributed by atoms with Crippen LogP contribution in [0.3, 0.4) is 0 Å². The number of amides is 2. The summed E-state index contributed by atoms with van der Waals surface area (Å²) in [5.41, 5.74) is 2.81. The number of para-hydroxylation sites is 1. The summed E-state index contributed by atoms with van der Waals surface area (Å²) in [5.74, 6) is -0.123. The number of carbonyl (C=O) groups excluding carboxylic acids is 3. The molecule has 0 radical (unpaired) electrons. The molecule has 1 unspecified atom stereocenters. The second-order valence-corrected chi connectivity index (χ2v) is 10.1. The molecule has 8 heteroatoms. The van der Waals surface area contributed by atoms with Gasteiger partial charge >= 0.3 is 5.97 Å². The third kappa shape index (κ3) is 5.31. The Labute approximate surface area is 225 Å². The lowest BCUT2D eigenvalue weighted by molar-refractivity contribution is -0.154. The van der Waals surface area contributed by atoms with Gasteiger partial charge in [0.25, 0.3) is 11.8 Å². The van der Waals surface area contributed by atoms with Gasteiger partial charge in [0.15, 0.2) is 12.7 Å². The number of hydrogen-bond donors (Lipinski definition) is 1. The number of nitrogens with one attached hydrogen (secondary N) is 1. The molecule has 0 saturated carbocycles. The molecule has 0 bridgehead atoms. The van der Waals surface area contributed by atoms with Gasteiger partial charge in [0.05, 0.1) is 0 Å². The normalized spacial score (nSPS) is 18.5. The number of carbonyl (C=O) groups is 3. The van der Waals surface area contributed by atoms with Crippen LogP contribution in [-0.4, -0.2) is 46.5 Å². The molecule has 2 amide bonds. The maximum absolute atomic E-state index is 13.7. The van der Waals surface area contributed by atoms with Crippen LogP contribution in [0.15, 0.2) is 102 Å². The Hall–Kier alpha value is -4.04. The lowest BCUT2D eigenvalue weighted by atomic mass is 10.00. The zero-order chi connectivity index (χ0) is 26.5. The molecular formula is C30H28N2O5S. The zero-order valence-corrected chi connectivity index (χ0v) is 21.7. The SMILES string of the molecule is CCC1=C(C(=O)OC(c2ccccc2)c2ccccc2)N2C(=O)C(NC(=O)COc3ccccc3)[C@H]2SC1. The summed E-state index contributed by atoms with van der Waals surface area (Å²) in [4.78, 5) is 40.9. The highest BCUT2D eigenvalue weighted by Crippen LogP contribution is 2.42. The summed E-state index contributed by atoms with van der Waals surface area (Å²) in [6, 6.07) is 27.4. The fourth-order valence-corrected chi connectivity index (χ4v) is 6.02. The van der Waals surface area contributed by atoms with E-state index in [2.05, 4.69) is 5.32 Å². The summed E-state index contributed by atoms with van der Waals surface area (Å²) < 4.78 is 11.6. The van der Waals surface area contributed by atoms with Gasteiger partial charge in [-0.15, -0.1) is 11.8 Å². The molecule has 5 rings (SSSR count). The highest BCUT2D eigenvalue weighted by atomic mass is 32.2. The predicted octanol–water partition coefficient (Wildman–Crippen LogP) is 4.46. The van der Waals surface area contributed by atoms with Crippen molar-refractivity contribution in [2.45, 2.75) is 30.9 Å². The smallest absolute Gasteiger partial charge is 0.356 e. The average molecular weight is 529 g/mol. The molecule has 1 fully saturated rings. The van der Waals surface area contributed by atoms with Gasteiger partial charge in [-0.25, -0.2) is 4.79 Å². The van der Waals surface area contributed by atoms with Crippen molar-refractivity contribution in [3.8, 4) is 5.75 Å². The van der Waals surface area contributed by atoms with Gasteiger partial charge in [-0.05, 0) is 35.3 Å². The second-order valence-electron chi connectivity index (χ2n) is 8.97. The third-order valence-electron chi connectivity index (χ3n) is 6.53. The number of nitrogens with zero attached hydrogens (tertiary/aromatic N) is 1. The van der Waals surface area contributed by atoms with Crippen LogP contribution in [0.5, 0.6) is 5.75 Å². The van der Waals surface area contributed by atoms with E-state index in [0.717, 1.165) is 16.7 Å². The summed E-state index contributed by atoms with van der Waals surface area (Å²) >= 11 is 1.53. The lowest BCUT2D eigenvalue weighted by Gasteiger charge is -2.49. The molecular weight excluding hydrogens is 500 g/mol. The summed E-state index contributed by atoms with van der Waals surface area (Å²) in [5, 5.41) is 2.39. The van der Waals surface area contributed by atoms with E-state index in [-0.39, 0.29) is 23.6 Å². The van der Waals surface area contributed by atoms with Crippen molar-refractivity contribution in [1.29, 1.82) is 0 Å². The molecule has 2 heterocycles. The molecule has 3 aromatic carbocycles. The molecule has 2 aliphatic heterocycles. The van der Waals surface area contributed by atoms with Gasteiger partial charge in [-0.1, -0.05) is 85.8 Å². The fourth-order valence-electron chi connectivity index (χ4n) is 4.57. The maximum atomic E-state index is 13.7. The highest BCUT2D eigenvalue weighted by molar-refractivity contribution is 8.00. The largest absolute Gasteiger partial charge is 0.484 e. The van der Waals surface area contributed by atoms with Gasteiger partial charge in [0.2, 0.25) is 0 Å². The van der Waals surface area contributed by atoms with Gasteiger partial charge in [-0.3, -0.25) is 14.5 Å². The van der Waals surface area contributed by atoms with E-state index < -0.39 is 24.0 Å². The Morgan fingerprint density at radius 2 is 1.53 bits per heavy atom. The quantitative estimate of drug-likeness (QED) is 0.326. The number of β-lactam (4-membered cyclic amide) rings is 1. The molecule has 194 valence electrons. The molecule has 7 nitrogen and oxygen atoms in total. The number of ether oxygens (including phenoxy) is 2. The maximum Gasteiger partial charge on any atom is 0.356 e. The second kappa shape index (κ2) is 11.6. The van der Waals surface area contributed by atoms with E-state index in [1.165, 1.54) is 16.7 Å². The Balaban J connectivity index is 1.31. The van der Waals surface area contributed by atoms with Gasteiger partial charge < -0.3 is 14.8 Å². The van der Waals surface area contributed by atoms with Crippen molar-refractivity contribution < 1.29 is 23.9 Å². The number of fused-ring (bicyclic) bond motifs is 1. The summed E-state index contributed by atoms with van der Waals surface area (Å²) in [7, 11) is 0. The molecule has 1 N–H and O–H groups in total. The molecule has 38 heavy (non-hydrogen) atoms. The standard InChI is InChI=1S/C30H28N2O5S/c1-2-20-19-38-29-25(31-24(33)18-36-23-16-10-5-11-17-23)28(34)32(29)26(20)30(35)37-27(21-12-6-3-7-13-21)22-14-8-4-9-15-22/h3-17,25,27,29H,2,18-19H2,1H3,(H,31,33)/t25?,29-/m1/s1. The minimum absolute atomic E-state index is 0.202. The molecule has 2 aliphatic rings. The Morgan fingerprint density at radius 3 is 2.11 bits per heavy atom. The van der Waals surface area contributed by atoms with Crippen molar-refractivity contribution in [1.82, 2.24) is 10.2 Å². The van der Waals surface area contributed by atoms with Crippen LogP contribution in [0, 0.1) is 0 Å². The molecule has 3 aromatic rings. The molecule has 2 atom stereocenters. The molecule has 0 aliphatic carbocycles. The van der Waals surface area contributed by atoms with Crippen LogP contribution in [0.1, 0.15) is 30.6 Å². The number of esters is 1. The monoisotopic (exact) mass is 528 g/mol. The van der Waals surface area contributed by atoms with Crippen molar-refractivity contribution in [2.24, 2.45) is 0 Å². The lowest BCUT2D eigenvalue weighted by Crippen LogP contribution is -2.70. The van der Waals surface area contributed by atoms with E-state index in [1.807, 2.05) is 85.8 Å². The van der Waals surface area contributed by atoms with Crippen LogP contribution in [0.2, 0.25) is 0 Å². The van der Waals surface area contributed by atoms with Crippen molar-refractivity contribution in [3.63, 3.8) is 0 Å². The van der Waals surface area contributed by atoms with Crippen LogP contribution in [-0.2, 0) is 19.1 Å². The van der Waals surface area contributed by atoms with Crippen molar-refractivity contribution in [2.75, 3.05) is 12.4 Å². The Morgan fingerprint density at radius 1 is 0.947 bits per heavy atom. The van der Waals surface area contributed by atoms with Crippen LogP contribution >= 0.6 is 11.8 Å². The van der Waals surface area contributed by atoms with Crippen molar-refractivity contribution in [3.05, 3.63) is 113 Å². The van der Waals surface area contributed by atoms with Crippen LogP contribution < -0.4 is 10.1 Å². The minimum atomic E-state index is -0.730. The third-order valence-corrected chi connectivity index (χ3v) is 7.87. The Bertz CT molecular complexity index is 1290. The van der Waals surface area contributed by atoms with E-state index >= 15 is 0 Å². The zero-order valence-electron chi connectivity index (χ0n) is 20.9. The van der Waals surface area contributed by atoms with E-state index in [1.54, 1.807) is 12.1 Å². The van der Waals surface area contributed by atoms with E-state index in [4.69, 9.17) is 9.47 Å². The molecule has 0 aromatic heterocycles. The number of benzene rings is 3. The van der Waals surface area contributed by atoms with Gasteiger partial charge in [0, 0.05) is 5.75 Å². The topological polar surface area (TPSA) is 84.9 Å². The number of thioether (sulfide) groups is 1. The first kappa shape index (κ1) is 25.6. The first-order chi connectivity index (χ1) is 18.6. The van der Waals surface area contributed by atoms with Gasteiger partial charge in [0.1, 0.15) is 22.9 Å². The van der Waals surface area contributed by atoms with E-state index in [0.29, 0.717) is 17.9 Å². The van der Waals surface area contributed by atoms with Gasteiger partial charge in [-0.2, -0.15) is 0 Å². The summed E-state index contributed by atoms with van der Waals surface area (Å²) in [6.07, 6.45) is -0.0115. The van der Waals surface area contributed by atoms with Crippen molar-refractivity contribution >= 4 is 29.5 Å². The average Bonchev–Trinajstić information content (AvgIpc) is 2.98. The highest BCUT2D eigenvalue weighted by Gasteiger charge is 2.54. The minimum Gasteiger partial charge on any atom is -0.484 e. The molecule has 0 spiro atoms. The fraction of sp³-hybridized carbons (Fsp3) is 0.233.